The van der Waals surface area contributed by atoms with Crippen LogP contribution in [0, 0.1) is 16.7 Å². The molecule has 0 fully saturated rings. The standard InChI is InChI=1S/C18H33NO/c1-9-10-11-13-12-19(8)16(18(5,6)7)14(15(13)20)17(2,3)4/h13H,9-12H2,1-8H3. The highest BCUT2D eigenvalue weighted by molar-refractivity contribution is 6.00. The van der Waals surface area contributed by atoms with Crippen molar-refractivity contribution in [1.29, 1.82) is 0 Å². The quantitative estimate of drug-likeness (QED) is 0.749. The van der Waals surface area contributed by atoms with Crippen LogP contribution in [-0.4, -0.2) is 24.3 Å². The van der Waals surface area contributed by atoms with Gasteiger partial charge in [0, 0.05) is 36.2 Å². The molecule has 1 heterocycles. The molecule has 0 saturated heterocycles. The maximum atomic E-state index is 13.0. The summed E-state index contributed by atoms with van der Waals surface area (Å²) in [4.78, 5) is 15.3. The fourth-order valence-corrected chi connectivity index (χ4v) is 3.36. The van der Waals surface area contributed by atoms with Gasteiger partial charge in [0.2, 0.25) is 0 Å². The minimum atomic E-state index is -0.0845. The summed E-state index contributed by atoms with van der Waals surface area (Å²) in [7, 11) is 2.15. The number of hydrogen-bond donors (Lipinski definition) is 0. The number of nitrogens with zero attached hydrogens (tertiary/aromatic N) is 1. The average Bonchev–Trinajstić information content (AvgIpc) is 2.26. The highest BCUT2D eigenvalue weighted by atomic mass is 16.1. The van der Waals surface area contributed by atoms with E-state index in [4.69, 9.17) is 0 Å². The number of hydrogen-bond acceptors (Lipinski definition) is 2. The van der Waals surface area contributed by atoms with Crippen molar-refractivity contribution in [1.82, 2.24) is 4.90 Å². The number of carbonyl (C=O) groups excluding carboxylic acids is 1. The Labute approximate surface area is 125 Å². The molecule has 0 aromatic carbocycles. The first kappa shape index (κ1) is 17.3. The third-order valence-corrected chi connectivity index (χ3v) is 4.10. The summed E-state index contributed by atoms with van der Waals surface area (Å²) in [6.07, 6.45) is 3.33. The van der Waals surface area contributed by atoms with Gasteiger partial charge in [-0.3, -0.25) is 4.79 Å². The van der Waals surface area contributed by atoms with Crippen molar-refractivity contribution in [2.75, 3.05) is 13.6 Å². The van der Waals surface area contributed by atoms with Gasteiger partial charge in [0.25, 0.3) is 0 Å². The monoisotopic (exact) mass is 279 g/mol. The van der Waals surface area contributed by atoms with Gasteiger partial charge in [-0.15, -0.1) is 0 Å². The predicted molar refractivity (Wildman–Crippen MR) is 86.6 cm³/mol. The minimum Gasteiger partial charge on any atom is -0.376 e. The van der Waals surface area contributed by atoms with E-state index in [1.54, 1.807) is 0 Å². The molecule has 1 aliphatic heterocycles. The fraction of sp³-hybridized carbons (Fsp3) is 0.833. The van der Waals surface area contributed by atoms with E-state index >= 15 is 0 Å². The Morgan fingerprint density at radius 2 is 1.65 bits per heavy atom. The van der Waals surface area contributed by atoms with Crippen LogP contribution in [0.4, 0.5) is 0 Å². The van der Waals surface area contributed by atoms with E-state index in [9.17, 15) is 4.79 Å². The summed E-state index contributed by atoms with van der Waals surface area (Å²) in [5.41, 5.74) is 2.23. The largest absolute Gasteiger partial charge is 0.376 e. The van der Waals surface area contributed by atoms with Crippen molar-refractivity contribution in [3.63, 3.8) is 0 Å². The van der Waals surface area contributed by atoms with Crippen LogP contribution < -0.4 is 0 Å². The van der Waals surface area contributed by atoms with Crippen molar-refractivity contribution in [3.05, 3.63) is 11.3 Å². The summed E-state index contributed by atoms with van der Waals surface area (Å²) in [5, 5.41) is 0. The van der Waals surface area contributed by atoms with Gasteiger partial charge < -0.3 is 4.90 Å². The molecule has 0 saturated carbocycles. The smallest absolute Gasteiger partial charge is 0.165 e. The van der Waals surface area contributed by atoms with Gasteiger partial charge in [-0.2, -0.15) is 0 Å². The molecule has 2 heteroatoms. The van der Waals surface area contributed by atoms with Crippen molar-refractivity contribution >= 4 is 5.78 Å². The van der Waals surface area contributed by atoms with Crippen LogP contribution >= 0.6 is 0 Å². The molecule has 1 atom stereocenters. The Morgan fingerprint density at radius 1 is 1.10 bits per heavy atom. The maximum Gasteiger partial charge on any atom is 0.165 e. The lowest BCUT2D eigenvalue weighted by Gasteiger charge is -2.44. The highest BCUT2D eigenvalue weighted by Crippen LogP contribution is 2.43. The van der Waals surface area contributed by atoms with Crippen molar-refractivity contribution < 1.29 is 4.79 Å². The topological polar surface area (TPSA) is 20.3 Å². The first-order chi connectivity index (χ1) is 9.00. The van der Waals surface area contributed by atoms with E-state index in [-0.39, 0.29) is 16.7 Å². The van der Waals surface area contributed by atoms with Gasteiger partial charge >= 0.3 is 0 Å². The first-order valence-electron chi connectivity index (χ1n) is 8.00. The molecule has 20 heavy (non-hydrogen) atoms. The predicted octanol–water partition coefficient (Wildman–Crippen LogP) is 4.65. The molecule has 0 spiro atoms. The SMILES string of the molecule is CCCCC1CN(C)C(C(C)(C)C)=C(C(C)(C)C)C1=O. The number of ketones is 1. The van der Waals surface area contributed by atoms with Gasteiger partial charge in [-0.05, 0) is 11.8 Å². The van der Waals surface area contributed by atoms with Gasteiger partial charge in [0.15, 0.2) is 5.78 Å². The molecule has 0 aliphatic carbocycles. The van der Waals surface area contributed by atoms with Crippen LogP contribution in [0.25, 0.3) is 0 Å². The number of carbonyl (C=O) groups is 1. The van der Waals surface area contributed by atoms with Crippen LogP contribution in [0.1, 0.15) is 67.7 Å². The fourth-order valence-electron chi connectivity index (χ4n) is 3.36. The van der Waals surface area contributed by atoms with Gasteiger partial charge in [-0.25, -0.2) is 0 Å². The summed E-state index contributed by atoms with van der Waals surface area (Å²) >= 11 is 0. The van der Waals surface area contributed by atoms with Crippen LogP contribution in [0.3, 0.4) is 0 Å². The zero-order chi connectivity index (χ0) is 15.7. The van der Waals surface area contributed by atoms with E-state index in [1.165, 1.54) is 5.70 Å². The number of unbranched alkanes of at least 4 members (excludes halogenated alkanes) is 1. The van der Waals surface area contributed by atoms with E-state index in [0.29, 0.717) is 5.78 Å². The molecule has 2 nitrogen and oxygen atoms in total. The molecule has 116 valence electrons. The normalized spacial score (nSPS) is 21.7. The lowest BCUT2D eigenvalue weighted by Crippen LogP contribution is -2.44. The van der Waals surface area contributed by atoms with Crippen molar-refractivity contribution in [2.24, 2.45) is 16.7 Å². The Balaban J connectivity index is 3.30. The molecule has 1 aliphatic rings. The summed E-state index contributed by atoms with van der Waals surface area (Å²) in [5.74, 6) is 0.578. The van der Waals surface area contributed by atoms with Crippen molar-refractivity contribution in [2.45, 2.75) is 67.7 Å². The third-order valence-electron chi connectivity index (χ3n) is 4.10. The summed E-state index contributed by atoms with van der Waals surface area (Å²) in [6.45, 7) is 16.2. The summed E-state index contributed by atoms with van der Waals surface area (Å²) < 4.78 is 0. The average molecular weight is 279 g/mol. The second-order valence-corrected chi connectivity index (χ2v) is 8.31. The minimum absolute atomic E-state index is 0.0166. The Hall–Kier alpha value is -0.790. The summed E-state index contributed by atoms with van der Waals surface area (Å²) in [6, 6.07) is 0. The zero-order valence-electron chi connectivity index (χ0n) is 14.8. The molecule has 0 aromatic heterocycles. The number of rotatable bonds is 3. The molecule has 0 amide bonds. The maximum absolute atomic E-state index is 13.0. The molecule has 0 bridgehead atoms. The van der Waals surface area contributed by atoms with E-state index in [1.807, 2.05) is 0 Å². The molecule has 1 rings (SSSR count). The van der Waals surface area contributed by atoms with E-state index in [2.05, 4.69) is 60.4 Å². The van der Waals surface area contributed by atoms with Crippen LogP contribution in [-0.2, 0) is 4.79 Å². The van der Waals surface area contributed by atoms with Gasteiger partial charge in [0.05, 0.1) is 0 Å². The zero-order valence-corrected chi connectivity index (χ0v) is 14.8. The number of Topliss-reactive ketones (excluding diaryl/α,β-unsaturated/α-hetero) is 1. The second kappa shape index (κ2) is 5.91. The molecular formula is C18H33NO. The van der Waals surface area contributed by atoms with Gasteiger partial charge in [0.1, 0.15) is 0 Å². The third kappa shape index (κ3) is 3.65. The highest BCUT2D eigenvalue weighted by Gasteiger charge is 2.41. The van der Waals surface area contributed by atoms with Crippen LogP contribution in [0.5, 0.6) is 0 Å². The van der Waals surface area contributed by atoms with E-state index < -0.39 is 0 Å². The van der Waals surface area contributed by atoms with E-state index in [0.717, 1.165) is 31.4 Å². The molecule has 1 unspecified atom stereocenters. The lowest BCUT2D eigenvalue weighted by atomic mass is 9.71. The Kier molecular flexibility index (Phi) is 5.10. The number of allylic oxidation sites excluding steroid dienone is 2. The van der Waals surface area contributed by atoms with Crippen LogP contribution in [0.15, 0.2) is 11.3 Å². The van der Waals surface area contributed by atoms with Gasteiger partial charge in [-0.1, -0.05) is 61.3 Å². The Bertz CT molecular complexity index is 393. The molecule has 0 aromatic rings. The lowest BCUT2D eigenvalue weighted by molar-refractivity contribution is -0.122. The second-order valence-electron chi connectivity index (χ2n) is 8.31. The molecular weight excluding hydrogens is 246 g/mol. The molecule has 0 radical (unpaired) electrons. The Morgan fingerprint density at radius 3 is 2.05 bits per heavy atom. The van der Waals surface area contributed by atoms with Crippen molar-refractivity contribution in [3.8, 4) is 0 Å². The van der Waals surface area contributed by atoms with Crippen LogP contribution in [0.2, 0.25) is 0 Å². The first-order valence-corrected chi connectivity index (χ1v) is 8.00. The molecule has 0 N–H and O–H groups in total.